The molecule has 6 heteroatoms. The minimum Gasteiger partial charge on any atom is -0.373 e. The van der Waals surface area contributed by atoms with E-state index in [4.69, 9.17) is 0 Å². The lowest BCUT2D eigenvalue weighted by molar-refractivity contribution is -0.384. The van der Waals surface area contributed by atoms with E-state index in [0.717, 1.165) is 16.7 Å². The first-order chi connectivity index (χ1) is 9.88. The average molecular weight is 292 g/mol. The van der Waals surface area contributed by atoms with E-state index in [1.54, 1.807) is 0 Å². The number of nitrogens with zero attached hydrogens (tertiary/aromatic N) is 1. The zero-order chi connectivity index (χ0) is 15.6. The Morgan fingerprint density at radius 3 is 2.57 bits per heavy atom. The molecule has 1 N–H and O–H groups in total. The number of hydrogen-bond acceptors (Lipinski definition) is 3. The van der Waals surface area contributed by atoms with Crippen molar-refractivity contribution < 1.29 is 13.7 Å². The van der Waals surface area contributed by atoms with Gasteiger partial charge in [0.2, 0.25) is 0 Å². The molecular weight excluding hydrogens is 278 g/mol. The lowest BCUT2D eigenvalue weighted by Crippen LogP contribution is -2.06. The van der Waals surface area contributed by atoms with Gasteiger partial charge in [-0.15, -0.1) is 0 Å². The van der Waals surface area contributed by atoms with Crippen molar-refractivity contribution in [2.24, 2.45) is 0 Å². The Balaban J connectivity index is 2.32. The maximum atomic E-state index is 13.7. The molecule has 0 bridgehead atoms. The van der Waals surface area contributed by atoms with Crippen LogP contribution in [0.5, 0.6) is 0 Å². The molecule has 0 aliphatic heterocycles. The molecule has 2 aromatic carbocycles. The summed E-state index contributed by atoms with van der Waals surface area (Å²) in [6, 6.07) is 7.10. The van der Waals surface area contributed by atoms with Gasteiger partial charge >= 0.3 is 0 Å². The maximum absolute atomic E-state index is 13.7. The molecule has 0 saturated heterocycles. The number of hydrogen-bond donors (Lipinski definition) is 1. The molecule has 0 radical (unpaired) electrons. The third kappa shape index (κ3) is 3.34. The van der Waals surface area contributed by atoms with Gasteiger partial charge in [-0.05, 0) is 25.0 Å². The Kier molecular flexibility index (Phi) is 4.16. The van der Waals surface area contributed by atoms with Crippen molar-refractivity contribution in [3.63, 3.8) is 0 Å². The summed E-state index contributed by atoms with van der Waals surface area (Å²) in [5.74, 6) is -1.96. The zero-order valence-corrected chi connectivity index (χ0v) is 11.6. The molecule has 0 aliphatic rings. The summed E-state index contributed by atoms with van der Waals surface area (Å²) in [5, 5.41) is 13.6. The van der Waals surface area contributed by atoms with Gasteiger partial charge in [0.15, 0.2) is 5.82 Å². The number of aryl methyl sites for hydroxylation is 2. The SMILES string of the molecule is Cc1ccc(C)c(CNc2c(F)cc(F)cc2[N+](=O)[O-])c1. The second-order valence-electron chi connectivity index (χ2n) is 4.82. The smallest absolute Gasteiger partial charge is 0.298 e. The van der Waals surface area contributed by atoms with Gasteiger partial charge in [0.05, 0.1) is 11.0 Å². The van der Waals surface area contributed by atoms with Crippen LogP contribution in [0.15, 0.2) is 30.3 Å². The summed E-state index contributed by atoms with van der Waals surface area (Å²) < 4.78 is 26.8. The molecule has 21 heavy (non-hydrogen) atoms. The van der Waals surface area contributed by atoms with Crippen LogP contribution in [-0.2, 0) is 6.54 Å². The Labute approximate surface area is 120 Å². The lowest BCUT2D eigenvalue weighted by atomic mass is 10.1. The molecule has 0 aliphatic carbocycles. The van der Waals surface area contributed by atoms with Crippen molar-refractivity contribution in [2.75, 3.05) is 5.32 Å². The monoisotopic (exact) mass is 292 g/mol. The third-order valence-corrected chi connectivity index (χ3v) is 3.19. The predicted molar refractivity (Wildman–Crippen MR) is 76.3 cm³/mol. The Morgan fingerprint density at radius 1 is 1.19 bits per heavy atom. The minimum atomic E-state index is -0.980. The molecule has 0 saturated carbocycles. The van der Waals surface area contributed by atoms with Crippen LogP contribution in [0.25, 0.3) is 0 Å². The quantitative estimate of drug-likeness (QED) is 0.681. The van der Waals surface area contributed by atoms with Crippen LogP contribution in [0.3, 0.4) is 0 Å². The Morgan fingerprint density at radius 2 is 1.90 bits per heavy atom. The predicted octanol–water partition coefficient (Wildman–Crippen LogP) is 4.10. The van der Waals surface area contributed by atoms with Gasteiger partial charge in [-0.1, -0.05) is 23.8 Å². The fourth-order valence-electron chi connectivity index (χ4n) is 2.05. The molecule has 0 unspecified atom stereocenters. The number of rotatable bonds is 4. The fourth-order valence-corrected chi connectivity index (χ4v) is 2.05. The second kappa shape index (κ2) is 5.87. The number of benzene rings is 2. The number of anilines is 1. The molecule has 0 spiro atoms. The first-order valence-corrected chi connectivity index (χ1v) is 6.32. The van der Waals surface area contributed by atoms with Crippen molar-refractivity contribution in [1.82, 2.24) is 0 Å². The lowest BCUT2D eigenvalue weighted by Gasteiger charge is -2.11. The van der Waals surface area contributed by atoms with E-state index in [1.807, 2.05) is 32.0 Å². The highest BCUT2D eigenvalue weighted by atomic mass is 19.1. The first kappa shape index (κ1) is 14.9. The van der Waals surface area contributed by atoms with Crippen LogP contribution in [0.4, 0.5) is 20.2 Å². The van der Waals surface area contributed by atoms with Crippen molar-refractivity contribution in [2.45, 2.75) is 20.4 Å². The largest absolute Gasteiger partial charge is 0.373 e. The van der Waals surface area contributed by atoms with Crippen LogP contribution in [0.2, 0.25) is 0 Å². The number of halogens is 2. The molecular formula is C15H14F2N2O2. The highest BCUT2D eigenvalue weighted by molar-refractivity contribution is 5.62. The molecule has 0 aromatic heterocycles. The van der Waals surface area contributed by atoms with E-state index in [2.05, 4.69) is 5.32 Å². The zero-order valence-electron chi connectivity index (χ0n) is 11.6. The molecule has 2 rings (SSSR count). The standard InChI is InChI=1S/C15H14F2N2O2/c1-9-3-4-10(2)11(5-9)8-18-15-13(17)6-12(16)7-14(15)19(20)21/h3-7,18H,8H2,1-2H3. The summed E-state index contributed by atoms with van der Waals surface area (Å²) in [4.78, 5) is 10.1. The molecule has 2 aromatic rings. The molecule has 0 fully saturated rings. The van der Waals surface area contributed by atoms with Crippen molar-refractivity contribution in [1.29, 1.82) is 0 Å². The van der Waals surface area contributed by atoms with Gasteiger partial charge in [0.1, 0.15) is 11.5 Å². The summed E-state index contributed by atoms with van der Waals surface area (Å²) in [6.07, 6.45) is 0. The molecule has 110 valence electrons. The highest BCUT2D eigenvalue weighted by Crippen LogP contribution is 2.29. The normalized spacial score (nSPS) is 10.5. The summed E-state index contributed by atoms with van der Waals surface area (Å²) in [7, 11) is 0. The van der Waals surface area contributed by atoms with Crippen LogP contribution in [-0.4, -0.2) is 4.92 Å². The van der Waals surface area contributed by atoms with E-state index >= 15 is 0 Å². The van der Waals surface area contributed by atoms with E-state index in [-0.39, 0.29) is 12.2 Å². The number of nitrogens with one attached hydrogen (secondary N) is 1. The Hall–Kier alpha value is -2.50. The Bertz CT molecular complexity index is 702. The van der Waals surface area contributed by atoms with E-state index < -0.39 is 22.2 Å². The van der Waals surface area contributed by atoms with Crippen molar-refractivity contribution in [3.8, 4) is 0 Å². The van der Waals surface area contributed by atoms with Crippen molar-refractivity contribution >= 4 is 11.4 Å². The minimum absolute atomic E-state index is 0.219. The van der Waals surface area contributed by atoms with Gasteiger partial charge in [-0.25, -0.2) is 8.78 Å². The van der Waals surface area contributed by atoms with E-state index in [9.17, 15) is 18.9 Å². The average Bonchev–Trinajstić information content (AvgIpc) is 2.40. The highest BCUT2D eigenvalue weighted by Gasteiger charge is 2.20. The van der Waals surface area contributed by atoms with Gasteiger partial charge in [0.25, 0.3) is 5.69 Å². The number of nitro groups is 1. The van der Waals surface area contributed by atoms with Gasteiger partial charge < -0.3 is 5.32 Å². The maximum Gasteiger partial charge on any atom is 0.298 e. The third-order valence-electron chi connectivity index (χ3n) is 3.19. The summed E-state index contributed by atoms with van der Waals surface area (Å²) in [6.45, 7) is 4.03. The van der Waals surface area contributed by atoms with E-state index in [0.29, 0.717) is 12.1 Å². The van der Waals surface area contributed by atoms with Crippen LogP contribution in [0.1, 0.15) is 16.7 Å². The fraction of sp³-hybridized carbons (Fsp3) is 0.200. The van der Waals surface area contributed by atoms with Crippen LogP contribution >= 0.6 is 0 Å². The van der Waals surface area contributed by atoms with Gasteiger partial charge in [-0.2, -0.15) is 0 Å². The second-order valence-corrected chi connectivity index (χ2v) is 4.82. The van der Waals surface area contributed by atoms with Crippen LogP contribution < -0.4 is 5.32 Å². The molecule has 4 nitrogen and oxygen atoms in total. The number of nitro benzene ring substituents is 1. The molecule has 0 heterocycles. The molecule has 0 amide bonds. The summed E-state index contributed by atoms with van der Waals surface area (Å²) >= 11 is 0. The van der Waals surface area contributed by atoms with Gasteiger partial charge in [-0.3, -0.25) is 10.1 Å². The van der Waals surface area contributed by atoms with E-state index in [1.165, 1.54) is 0 Å². The molecule has 0 atom stereocenters. The van der Waals surface area contributed by atoms with Gasteiger partial charge in [0, 0.05) is 12.6 Å². The topological polar surface area (TPSA) is 55.2 Å². The van der Waals surface area contributed by atoms with Crippen molar-refractivity contribution in [3.05, 3.63) is 68.8 Å². The van der Waals surface area contributed by atoms with Crippen LogP contribution in [0, 0.1) is 35.6 Å². The summed E-state index contributed by atoms with van der Waals surface area (Å²) in [5.41, 5.74) is 2.00. The first-order valence-electron chi connectivity index (χ1n) is 6.32.